The lowest BCUT2D eigenvalue weighted by atomic mass is 9.99. The number of hydrogen-bond acceptors (Lipinski definition) is 2. The lowest BCUT2D eigenvalue weighted by Crippen LogP contribution is -2.29. The molecule has 2 aliphatic rings. The Balaban J connectivity index is 1.50. The second kappa shape index (κ2) is 5.31. The van der Waals surface area contributed by atoms with E-state index in [0.717, 1.165) is 24.9 Å². The minimum Gasteiger partial charge on any atom is -0.393 e. The number of aliphatic hydroxyl groups is 1. The molecule has 0 aromatic heterocycles. The van der Waals surface area contributed by atoms with Crippen LogP contribution in [0.2, 0.25) is 0 Å². The smallest absolute Gasteiger partial charge is 0.0568 e. The first-order chi connectivity index (χ1) is 7.27. The summed E-state index contributed by atoms with van der Waals surface area (Å²) >= 11 is 0. The summed E-state index contributed by atoms with van der Waals surface area (Å²) in [4.78, 5) is 0. The Morgan fingerprint density at radius 1 is 1.27 bits per heavy atom. The van der Waals surface area contributed by atoms with E-state index in [1.54, 1.807) is 0 Å². The maximum absolute atomic E-state index is 9.68. The molecular weight excluding hydrogens is 186 g/mol. The summed E-state index contributed by atoms with van der Waals surface area (Å²) in [5.74, 6) is 1.56. The zero-order valence-corrected chi connectivity index (χ0v) is 9.91. The summed E-state index contributed by atoms with van der Waals surface area (Å²) in [6.45, 7) is 3.45. The molecule has 2 N–H and O–H groups in total. The molecule has 0 aromatic rings. The van der Waals surface area contributed by atoms with Gasteiger partial charge in [0.05, 0.1) is 6.10 Å². The fourth-order valence-corrected chi connectivity index (χ4v) is 2.81. The quantitative estimate of drug-likeness (QED) is 0.661. The second-order valence-corrected chi connectivity index (χ2v) is 5.48. The molecule has 88 valence electrons. The van der Waals surface area contributed by atoms with Crippen LogP contribution < -0.4 is 5.32 Å². The Morgan fingerprint density at radius 2 is 2.07 bits per heavy atom. The van der Waals surface area contributed by atoms with Crippen LogP contribution in [0.5, 0.6) is 0 Å². The SMILES string of the molecule is CC(NCCCC1CCCC1O)C1CC1. The zero-order valence-electron chi connectivity index (χ0n) is 9.91. The number of nitrogens with one attached hydrogen (secondary N) is 1. The van der Waals surface area contributed by atoms with Gasteiger partial charge in [0.1, 0.15) is 0 Å². The first-order valence-corrected chi connectivity index (χ1v) is 6.69. The summed E-state index contributed by atoms with van der Waals surface area (Å²) in [5, 5.41) is 13.3. The van der Waals surface area contributed by atoms with Crippen molar-refractivity contribution < 1.29 is 5.11 Å². The van der Waals surface area contributed by atoms with Gasteiger partial charge in [-0.25, -0.2) is 0 Å². The fraction of sp³-hybridized carbons (Fsp3) is 1.00. The van der Waals surface area contributed by atoms with Gasteiger partial charge in [-0.05, 0) is 63.8 Å². The summed E-state index contributed by atoms with van der Waals surface area (Å²) < 4.78 is 0. The molecule has 15 heavy (non-hydrogen) atoms. The van der Waals surface area contributed by atoms with E-state index in [-0.39, 0.29) is 6.10 Å². The molecule has 3 unspecified atom stereocenters. The van der Waals surface area contributed by atoms with Gasteiger partial charge in [0.15, 0.2) is 0 Å². The summed E-state index contributed by atoms with van der Waals surface area (Å²) in [6, 6.07) is 0.721. The largest absolute Gasteiger partial charge is 0.393 e. The average molecular weight is 211 g/mol. The number of aliphatic hydroxyl groups excluding tert-OH is 1. The van der Waals surface area contributed by atoms with Crippen LogP contribution in [0.15, 0.2) is 0 Å². The second-order valence-electron chi connectivity index (χ2n) is 5.48. The van der Waals surface area contributed by atoms with E-state index in [0.29, 0.717) is 5.92 Å². The highest BCUT2D eigenvalue weighted by Crippen LogP contribution is 2.32. The Morgan fingerprint density at radius 3 is 2.67 bits per heavy atom. The van der Waals surface area contributed by atoms with Gasteiger partial charge in [-0.1, -0.05) is 6.42 Å². The van der Waals surface area contributed by atoms with Gasteiger partial charge in [-0.2, -0.15) is 0 Å². The third kappa shape index (κ3) is 3.46. The van der Waals surface area contributed by atoms with Gasteiger partial charge in [0.2, 0.25) is 0 Å². The molecule has 0 amide bonds. The molecule has 0 radical (unpaired) electrons. The van der Waals surface area contributed by atoms with Crippen LogP contribution in [0.1, 0.15) is 51.9 Å². The molecule has 0 aromatic carbocycles. The van der Waals surface area contributed by atoms with Crippen LogP contribution in [0.4, 0.5) is 0 Å². The molecule has 0 bridgehead atoms. The third-order valence-electron chi connectivity index (χ3n) is 4.17. The van der Waals surface area contributed by atoms with E-state index in [1.165, 1.54) is 38.5 Å². The molecule has 0 spiro atoms. The molecule has 2 nitrogen and oxygen atoms in total. The van der Waals surface area contributed by atoms with E-state index in [9.17, 15) is 5.11 Å². The van der Waals surface area contributed by atoms with Gasteiger partial charge in [-0.3, -0.25) is 0 Å². The van der Waals surface area contributed by atoms with Crippen molar-refractivity contribution in [3.63, 3.8) is 0 Å². The predicted octanol–water partition coefficient (Wildman–Crippen LogP) is 2.32. The molecule has 2 heteroatoms. The Hall–Kier alpha value is -0.0800. The molecule has 0 saturated heterocycles. The van der Waals surface area contributed by atoms with Crippen LogP contribution in [0.25, 0.3) is 0 Å². The molecule has 2 fully saturated rings. The van der Waals surface area contributed by atoms with Gasteiger partial charge in [0, 0.05) is 6.04 Å². The molecule has 3 atom stereocenters. The van der Waals surface area contributed by atoms with E-state index < -0.39 is 0 Å². The minimum absolute atomic E-state index is 0.00542. The van der Waals surface area contributed by atoms with E-state index in [2.05, 4.69) is 12.2 Å². The first kappa shape index (κ1) is 11.4. The zero-order chi connectivity index (χ0) is 10.7. The van der Waals surface area contributed by atoms with Gasteiger partial charge < -0.3 is 10.4 Å². The maximum Gasteiger partial charge on any atom is 0.0568 e. The minimum atomic E-state index is 0.00542. The van der Waals surface area contributed by atoms with Crippen LogP contribution in [0, 0.1) is 11.8 Å². The van der Waals surface area contributed by atoms with Crippen molar-refractivity contribution in [3.8, 4) is 0 Å². The van der Waals surface area contributed by atoms with Crippen molar-refractivity contribution in [2.75, 3.05) is 6.54 Å². The van der Waals surface area contributed by atoms with Crippen LogP contribution >= 0.6 is 0 Å². The van der Waals surface area contributed by atoms with E-state index in [4.69, 9.17) is 0 Å². The van der Waals surface area contributed by atoms with Crippen LogP contribution in [0.3, 0.4) is 0 Å². The maximum atomic E-state index is 9.68. The first-order valence-electron chi connectivity index (χ1n) is 6.69. The average Bonchev–Trinajstić information content (AvgIpc) is 2.99. The standard InChI is InChI=1S/C13H25NO/c1-10(11-7-8-11)14-9-3-5-12-4-2-6-13(12)15/h10-15H,2-9H2,1H3. The normalized spacial score (nSPS) is 33.2. The Labute approximate surface area is 93.5 Å². The van der Waals surface area contributed by atoms with Crippen molar-refractivity contribution in [1.29, 1.82) is 0 Å². The van der Waals surface area contributed by atoms with Gasteiger partial charge >= 0.3 is 0 Å². The molecule has 2 saturated carbocycles. The number of rotatable bonds is 6. The topological polar surface area (TPSA) is 32.3 Å². The highest BCUT2D eigenvalue weighted by atomic mass is 16.3. The van der Waals surface area contributed by atoms with Crippen LogP contribution in [-0.4, -0.2) is 23.8 Å². The lowest BCUT2D eigenvalue weighted by Gasteiger charge is -2.16. The molecule has 0 aliphatic heterocycles. The fourth-order valence-electron chi connectivity index (χ4n) is 2.81. The monoisotopic (exact) mass is 211 g/mol. The molecule has 2 aliphatic carbocycles. The lowest BCUT2D eigenvalue weighted by molar-refractivity contribution is 0.126. The van der Waals surface area contributed by atoms with E-state index in [1.807, 2.05) is 0 Å². The van der Waals surface area contributed by atoms with Gasteiger partial charge in [0.25, 0.3) is 0 Å². The van der Waals surface area contributed by atoms with Crippen molar-refractivity contribution in [2.45, 2.75) is 64.0 Å². The van der Waals surface area contributed by atoms with Crippen molar-refractivity contribution >= 4 is 0 Å². The Kier molecular flexibility index (Phi) is 4.04. The third-order valence-corrected chi connectivity index (χ3v) is 4.17. The summed E-state index contributed by atoms with van der Waals surface area (Å²) in [7, 11) is 0. The van der Waals surface area contributed by atoms with Crippen molar-refractivity contribution in [2.24, 2.45) is 11.8 Å². The Bertz CT molecular complexity index is 191. The highest BCUT2D eigenvalue weighted by molar-refractivity contribution is 4.83. The van der Waals surface area contributed by atoms with Crippen LogP contribution in [-0.2, 0) is 0 Å². The molecule has 0 heterocycles. The van der Waals surface area contributed by atoms with Crippen molar-refractivity contribution in [1.82, 2.24) is 5.32 Å². The number of hydrogen-bond donors (Lipinski definition) is 2. The summed E-state index contributed by atoms with van der Waals surface area (Å²) in [6.07, 6.45) is 8.83. The van der Waals surface area contributed by atoms with E-state index >= 15 is 0 Å². The summed E-state index contributed by atoms with van der Waals surface area (Å²) in [5.41, 5.74) is 0. The predicted molar refractivity (Wildman–Crippen MR) is 62.8 cm³/mol. The van der Waals surface area contributed by atoms with Crippen molar-refractivity contribution in [3.05, 3.63) is 0 Å². The molecule has 2 rings (SSSR count). The highest BCUT2D eigenvalue weighted by Gasteiger charge is 2.27. The molecular formula is C13H25NO. The van der Waals surface area contributed by atoms with Gasteiger partial charge in [-0.15, -0.1) is 0 Å².